The van der Waals surface area contributed by atoms with Crippen LogP contribution in [0, 0.1) is 5.92 Å². The van der Waals surface area contributed by atoms with E-state index < -0.39 is 0 Å². The van der Waals surface area contributed by atoms with Crippen molar-refractivity contribution < 1.29 is 4.79 Å². The molecule has 0 aromatic carbocycles. The molecular weight excluding hydrogens is 206 g/mol. The highest BCUT2D eigenvalue weighted by atomic mass is 32.2. The summed E-state index contributed by atoms with van der Waals surface area (Å²) < 4.78 is 0. The minimum atomic E-state index is 0.334. The van der Waals surface area contributed by atoms with Crippen LogP contribution in [0.5, 0.6) is 0 Å². The first-order valence-corrected chi connectivity index (χ1v) is 6.41. The summed E-state index contributed by atoms with van der Waals surface area (Å²) in [6.45, 7) is 0. The molecule has 80 valence electrons. The minimum absolute atomic E-state index is 0.334. The first-order chi connectivity index (χ1) is 7.36. The highest BCUT2D eigenvalue weighted by Crippen LogP contribution is 2.27. The molecule has 1 heterocycles. The van der Waals surface area contributed by atoms with Crippen LogP contribution in [0.1, 0.15) is 25.7 Å². The van der Waals surface area contributed by atoms with E-state index in [9.17, 15) is 4.79 Å². The van der Waals surface area contributed by atoms with Crippen molar-refractivity contribution in [1.29, 1.82) is 0 Å². The Morgan fingerprint density at radius 1 is 1.40 bits per heavy atom. The third-order valence-corrected chi connectivity index (χ3v) is 3.78. The lowest BCUT2D eigenvalue weighted by Crippen LogP contribution is -2.12. The lowest BCUT2D eigenvalue weighted by atomic mass is 10.0. The summed E-state index contributed by atoms with van der Waals surface area (Å²) in [6, 6.07) is 5.80. The van der Waals surface area contributed by atoms with Gasteiger partial charge in [0.1, 0.15) is 5.78 Å². The van der Waals surface area contributed by atoms with Crippen molar-refractivity contribution in [3.05, 3.63) is 24.4 Å². The molecule has 15 heavy (non-hydrogen) atoms. The van der Waals surface area contributed by atoms with E-state index in [4.69, 9.17) is 0 Å². The van der Waals surface area contributed by atoms with Gasteiger partial charge in [0, 0.05) is 12.1 Å². The molecular formula is C12H15NOS. The first-order valence-electron chi connectivity index (χ1n) is 5.43. The largest absolute Gasteiger partial charge is 0.298 e. The van der Waals surface area contributed by atoms with E-state index >= 15 is 0 Å². The van der Waals surface area contributed by atoms with Crippen molar-refractivity contribution in [2.45, 2.75) is 30.7 Å². The Labute approximate surface area is 94.5 Å². The van der Waals surface area contributed by atoms with E-state index in [0.29, 0.717) is 17.5 Å². The van der Waals surface area contributed by atoms with Gasteiger partial charge in [-0.25, -0.2) is 4.98 Å². The fraction of sp³-hybridized carbons (Fsp3) is 0.500. The second-order valence-electron chi connectivity index (χ2n) is 3.90. The number of hydrogen-bond donors (Lipinski definition) is 0. The molecule has 2 rings (SSSR count). The quantitative estimate of drug-likeness (QED) is 0.732. The van der Waals surface area contributed by atoms with Crippen LogP contribution in [-0.4, -0.2) is 16.5 Å². The smallest absolute Gasteiger partial charge is 0.146 e. The van der Waals surface area contributed by atoms with Gasteiger partial charge in [0.05, 0.1) is 10.8 Å². The molecule has 0 radical (unpaired) electrons. The van der Waals surface area contributed by atoms with Crippen molar-refractivity contribution in [3.8, 4) is 0 Å². The van der Waals surface area contributed by atoms with Gasteiger partial charge in [0.25, 0.3) is 0 Å². The van der Waals surface area contributed by atoms with Crippen LogP contribution in [0.2, 0.25) is 0 Å². The van der Waals surface area contributed by atoms with E-state index in [0.717, 1.165) is 17.9 Å². The molecule has 0 atom stereocenters. The standard InChI is InChI=1S/C12H15NOS/c14-11(10-5-1-2-6-10)9-15-12-7-3-4-8-13-12/h3-4,7-8,10H,1-2,5-6,9H2. The highest BCUT2D eigenvalue weighted by molar-refractivity contribution is 7.99. The maximum Gasteiger partial charge on any atom is 0.146 e. The van der Waals surface area contributed by atoms with E-state index in [2.05, 4.69) is 4.98 Å². The maximum atomic E-state index is 11.8. The van der Waals surface area contributed by atoms with Gasteiger partial charge >= 0.3 is 0 Å². The SMILES string of the molecule is O=C(CSc1ccccn1)C1CCCC1. The van der Waals surface area contributed by atoms with Gasteiger partial charge in [-0.1, -0.05) is 30.7 Å². The second-order valence-corrected chi connectivity index (χ2v) is 4.90. The summed E-state index contributed by atoms with van der Waals surface area (Å²) in [7, 11) is 0. The van der Waals surface area contributed by atoms with E-state index in [-0.39, 0.29) is 0 Å². The molecule has 1 fully saturated rings. The van der Waals surface area contributed by atoms with Crippen LogP contribution in [0.25, 0.3) is 0 Å². The molecule has 1 aromatic rings. The minimum Gasteiger partial charge on any atom is -0.298 e. The Morgan fingerprint density at radius 3 is 2.87 bits per heavy atom. The van der Waals surface area contributed by atoms with Crippen LogP contribution in [-0.2, 0) is 4.79 Å². The number of thioether (sulfide) groups is 1. The molecule has 1 saturated carbocycles. The van der Waals surface area contributed by atoms with E-state index in [1.807, 2.05) is 18.2 Å². The van der Waals surface area contributed by atoms with Crippen molar-refractivity contribution in [1.82, 2.24) is 4.98 Å². The van der Waals surface area contributed by atoms with E-state index in [1.54, 1.807) is 18.0 Å². The number of rotatable bonds is 4. The Balaban J connectivity index is 1.80. The van der Waals surface area contributed by atoms with Gasteiger partial charge in [0.15, 0.2) is 0 Å². The van der Waals surface area contributed by atoms with Gasteiger partial charge in [-0.3, -0.25) is 4.79 Å². The summed E-state index contributed by atoms with van der Waals surface area (Å²) in [5.41, 5.74) is 0. The molecule has 1 aliphatic carbocycles. The van der Waals surface area contributed by atoms with Gasteiger partial charge < -0.3 is 0 Å². The fourth-order valence-corrected chi connectivity index (χ4v) is 2.78. The molecule has 3 heteroatoms. The van der Waals surface area contributed by atoms with Gasteiger partial charge in [-0.15, -0.1) is 0 Å². The summed E-state index contributed by atoms with van der Waals surface area (Å²) in [6.07, 6.45) is 6.42. The van der Waals surface area contributed by atoms with Gasteiger partial charge in [-0.2, -0.15) is 0 Å². The number of aromatic nitrogens is 1. The zero-order valence-corrected chi connectivity index (χ0v) is 9.50. The molecule has 2 nitrogen and oxygen atoms in total. The molecule has 0 amide bonds. The third kappa shape index (κ3) is 3.06. The predicted molar refractivity (Wildman–Crippen MR) is 61.9 cm³/mol. The van der Waals surface area contributed by atoms with Crippen molar-refractivity contribution in [2.75, 3.05) is 5.75 Å². The van der Waals surface area contributed by atoms with Crippen LogP contribution in [0.4, 0.5) is 0 Å². The average molecular weight is 221 g/mol. The van der Waals surface area contributed by atoms with Gasteiger partial charge in [0.2, 0.25) is 0 Å². The van der Waals surface area contributed by atoms with Crippen LogP contribution in [0.15, 0.2) is 29.4 Å². The Hall–Kier alpha value is -0.830. The molecule has 0 saturated heterocycles. The monoisotopic (exact) mass is 221 g/mol. The highest BCUT2D eigenvalue weighted by Gasteiger charge is 2.22. The summed E-state index contributed by atoms with van der Waals surface area (Å²) in [4.78, 5) is 16.0. The topological polar surface area (TPSA) is 30.0 Å². The van der Waals surface area contributed by atoms with Crippen molar-refractivity contribution in [3.63, 3.8) is 0 Å². The second kappa shape index (κ2) is 5.31. The van der Waals surface area contributed by atoms with Gasteiger partial charge in [-0.05, 0) is 25.0 Å². The summed E-state index contributed by atoms with van der Waals surface area (Å²) in [5.74, 6) is 1.33. The first kappa shape index (κ1) is 10.7. The Morgan fingerprint density at radius 2 is 2.20 bits per heavy atom. The molecule has 0 spiro atoms. The molecule has 0 aliphatic heterocycles. The number of Topliss-reactive ketones (excluding diaryl/α,β-unsaturated/α-hetero) is 1. The van der Waals surface area contributed by atoms with Crippen molar-refractivity contribution in [2.24, 2.45) is 5.92 Å². The number of nitrogens with zero attached hydrogens (tertiary/aromatic N) is 1. The number of carbonyl (C=O) groups is 1. The molecule has 0 N–H and O–H groups in total. The molecule has 1 aliphatic rings. The molecule has 0 unspecified atom stereocenters. The van der Waals surface area contributed by atoms with Crippen LogP contribution in [0.3, 0.4) is 0 Å². The van der Waals surface area contributed by atoms with E-state index in [1.165, 1.54) is 12.8 Å². The Bertz CT molecular complexity index is 320. The van der Waals surface area contributed by atoms with Crippen LogP contribution >= 0.6 is 11.8 Å². The number of pyridine rings is 1. The summed E-state index contributed by atoms with van der Waals surface area (Å²) >= 11 is 1.55. The lowest BCUT2D eigenvalue weighted by Gasteiger charge is -2.06. The Kier molecular flexibility index (Phi) is 3.78. The normalized spacial score (nSPS) is 16.8. The summed E-state index contributed by atoms with van der Waals surface area (Å²) in [5, 5.41) is 0.948. The zero-order chi connectivity index (χ0) is 10.5. The lowest BCUT2D eigenvalue weighted by molar-refractivity contribution is -0.120. The fourth-order valence-electron chi connectivity index (χ4n) is 1.94. The maximum absolute atomic E-state index is 11.8. The number of carbonyl (C=O) groups excluding carboxylic acids is 1. The predicted octanol–water partition coefficient (Wildman–Crippen LogP) is 2.93. The average Bonchev–Trinajstić information content (AvgIpc) is 2.81. The zero-order valence-electron chi connectivity index (χ0n) is 8.69. The molecule has 1 aromatic heterocycles. The number of hydrogen-bond acceptors (Lipinski definition) is 3. The third-order valence-electron chi connectivity index (χ3n) is 2.81. The number of ketones is 1. The van der Waals surface area contributed by atoms with Crippen LogP contribution < -0.4 is 0 Å². The van der Waals surface area contributed by atoms with Crippen molar-refractivity contribution >= 4 is 17.5 Å². The molecule has 0 bridgehead atoms.